The number of hydrogen-bond donors (Lipinski definition) is 0. The van der Waals surface area contributed by atoms with Crippen molar-refractivity contribution in [3.8, 4) is 56.0 Å². The van der Waals surface area contributed by atoms with Crippen LogP contribution >= 0.6 is 0 Å². The molecule has 1 aromatic heterocycles. The molecule has 0 bridgehead atoms. The average molecular weight is 1210 g/mol. The van der Waals surface area contributed by atoms with Gasteiger partial charge >= 0.3 is 0 Å². The number of aliphatic imine (C=N–C) groups is 2. The summed E-state index contributed by atoms with van der Waals surface area (Å²) < 4.78 is 13.8. The second-order valence-electron chi connectivity index (χ2n) is 25.7. The SMILES string of the molecule is CCCCCCCCCCCCCCCCCCCCOc1c(-c2ccccc2)cc(/N=C(\C)c2cccc(/C(C)=N/c3cc(-c4ccccc4)c(OCCCCCCCCCCCCCCCCCCCC)c(-c4ccccc4)c3)n2)cc1-c1ccccc1. The van der Waals surface area contributed by atoms with E-state index in [0.29, 0.717) is 13.2 Å². The van der Waals surface area contributed by atoms with Gasteiger partial charge in [-0.15, -0.1) is 0 Å². The summed E-state index contributed by atoms with van der Waals surface area (Å²) in [5.74, 6) is 1.82. The summed E-state index contributed by atoms with van der Waals surface area (Å²) in [7, 11) is 0. The molecule has 5 heteroatoms. The van der Waals surface area contributed by atoms with Crippen LogP contribution in [0.3, 0.4) is 0 Å². The minimum atomic E-state index is 0.677. The molecule has 482 valence electrons. The Bertz CT molecular complexity index is 2730. The van der Waals surface area contributed by atoms with Gasteiger partial charge in [-0.25, -0.2) is 4.98 Å². The summed E-state index contributed by atoms with van der Waals surface area (Å²) in [5, 5.41) is 0. The van der Waals surface area contributed by atoms with Crippen LogP contribution in [0, 0.1) is 0 Å². The number of pyridine rings is 1. The summed E-state index contributed by atoms with van der Waals surface area (Å²) in [6, 6.07) is 57.5. The molecule has 0 aliphatic heterocycles. The molecule has 0 amide bonds. The predicted octanol–water partition coefficient (Wildman–Crippen LogP) is 26.9. The lowest BCUT2D eigenvalue weighted by Gasteiger charge is -2.18. The highest BCUT2D eigenvalue weighted by Gasteiger charge is 2.19. The Labute approximate surface area is 547 Å². The minimum Gasteiger partial charge on any atom is -0.492 e. The van der Waals surface area contributed by atoms with Crippen LogP contribution in [0.15, 0.2) is 174 Å². The van der Waals surface area contributed by atoms with Crippen molar-refractivity contribution in [1.29, 1.82) is 0 Å². The Morgan fingerprint density at radius 3 is 0.733 bits per heavy atom. The van der Waals surface area contributed by atoms with E-state index in [1.165, 1.54) is 218 Å². The van der Waals surface area contributed by atoms with Gasteiger partial charge in [0.05, 0.1) is 47.4 Å². The van der Waals surface area contributed by atoms with Crippen LogP contribution in [0.1, 0.15) is 270 Å². The van der Waals surface area contributed by atoms with Crippen molar-refractivity contribution >= 4 is 22.8 Å². The van der Waals surface area contributed by atoms with E-state index in [0.717, 1.165) is 103 Å². The molecule has 7 rings (SSSR count). The van der Waals surface area contributed by atoms with Crippen LogP contribution in [0.2, 0.25) is 0 Å². The van der Waals surface area contributed by atoms with Crippen LogP contribution in [0.5, 0.6) is 11.5 Å². The topological polar surface area (TPSA) is 56.1 Å². The van der Waals surface area contributed by atoms with E-state index < -0.39 is 0 Å². The quantitative estimate of drug-likeness (QED) is 0.0282. The van der Waals surface area contributed by atoms with Crippen LogP contribution in [-0.2, 0) is 0 Å². The summed E-state index contributed by atoms with van der Waals surface area (Å²) in [5.41, 5.74) is 13.6. The van der Waals surface area contributed by atoms with Gasteiger partial charge in [0, 0.05) is 22.3 Å². The molecule has 0 aliphatic rings. The first-order valence-corrected chi connectivity index (χ1v) is 36.4. The van der Waals surface area contributed by atoms with Crippen molar-refractivity contribution < 1.29 is 9.47 Å². The fraction of sp³-hybridized carbons (Fsp3) is 0.494. The molecule has 0 fully saturated rings. The molecule has 6 aromatic carbocycles. The number of rotatable bonds is 48. The van der Waals surface area contributed by atoms with Crippen LogP contribution in [0.25, 0.3) is 44.5 Å². The average Bonchev–Trinajstić information content (AvgIpc) is 0.963. The normalized spacial score (nSPS) is 11.8. The fourth-order valence-electron chi connectivity index (χ4n) is 12.7. The summed E-state index contributed by atoms with van der Waals surface area (Å²) in [6.07, 6.45) is 49.0. The van der Waals surface area contributed by atoms with Crippen LogP contribution in [-0.4, -0.2) is 29.6 Å². The molecule has 0 N–H and O–H groups in total. The lowest BCUT2D eigenvalue weighted by molar-refractivity contribution is 0.306. The summed E-state index contributed by atoms with van der Waals surface area (Å²) in [4.78, 5) is 15.9. The highest BCUT2D eigenvalue weighted by Crippen LogP contribution is 2.45. The van der Waals surface area contributed by atoms with Gasteiger partial charge in [0.15, 0.2) is 0 Å². The lowest BCUT2D eigenvalue weighted by atomic mass is 9.96. The molecule has 0 saturated heterocycles. The van der Waals surface area contributed by atoms with Gasteiger partial charge in [-0.2, -0.15) is 0 Å². The summed E-state index contributed by atoms with van der Waals surface area (Å²) >= 11 is 0. The first-order valence-electron chi connectivity index (χ1n) is 36.4. The molecule has 5 nitrogen and oxygen atoms in total. The van der Waals surface area contributed by atoms with E-state index >= 15 is 0 Å². The van der Waals surface area contributed by atoms with Crippen molar-refractivity contribution in [1.82, 2.24) is 4.98 Å². The van der Waals surface area contributed by atoms with Crippen molar-refractivity contribution in [2.24, 2.45) is 9.98 Å². The number of ether oxygens (including phenoxy) is 2. The fourth-order valence-corrected chi connectivity index (χ4v) is 12.7. The third-order valence-electron chi connectivity index (χ3n) is 18.1. The van der Waals surface area contributed by atoms with Crippen molar-refractivity contribution in [3.63, 3.8) is 0 Å². The van der Waals surface area contributed by atoms with Gasteiger partial charge in [-0.1, -0.05) is 360 Å². The first-order chi connectivity index (χ1) is 44.5. The Morgan fingerprint density at radius 1 is 0.278 bits per heavy atom. The van der Waals surface area contributed by atoms with Gasteiger partial charge in [-0.3, -0.25) is 9.98 Å². The zero-order valence-electron chi connectivity index (χ0n) is 56.6. The third kappa shape index (κ3) is 26.3. The van der Waals surface area contributed by atoms with E-state index in [4.69, 9.17) is 24.4 Å². The van der Waals surface area contributed by atoms with E-state index in [1.807, 2.05) is 0 Å². The zero-order chi connectivity index (χ0) is 62.7. The van der Waals surface area contributed by atoms with Gasteiger partial charge in [0.25, 0.3) is 0 Å². The number of nitrogens with zero attached hydrogens (tertiary/aromatic N) is 3. The van der Waals surface area contributed by atoms with Gasteiger partial charge in [0.2, 0.25) is 0 Å². The van der Waals surface area contributed by atoms with Gasteiger partial charge < -0.3 is 9.47 Å². The maximum atomic E-state index is 6.89. The Hall–Kier alpha value is -6.59. The molecule has 7 aromatic rings. The Kier molecular flexibility index (Phi) is 34.6. The molecule has 0 aliphatic carbocycles. The number of unbranched alkanes of at least 4 members (excludes halogenated alkanes) is 34. The van der Waals surface area contributed by atoms with Crippen molar-refractivity contribution in [2.45, 2.75) is 259 Å². The molecule has 1 heterocycles. The monoisotopic (exact) mass is 1210 g/mol. The van der Waals surface area contributed by atoms with E-state index in [-0.39, 0.29) is 0 Å². The highest BCUT2D eigenvalue weighted by molar-refractivity contribution is 6.03. The molecular formula is C85H115N3O2. The molecule has 0 saturated carbocycles. The molecule has 0 radical (unpaired) electrons. The highest BCUT2D eigenvalue weighted by atomic mass is 16.5. The number of benzene rings is 6. The number of aromatic nitrogens is 1. The predicted molar refractivity (Wildman–Crippen MR) is 391 cm³/mol. The second kappa shape index (κ2) is 44.0. The molecule has 0 spiro atoms. The molecular weight excluding hydrogens is 1090 g/mol. The maximum absolute atomic E-state index is 6.89. The van der Waals surface area contributed by atoms with Gasteiger partial charge in [-0.05, 0) is 85.3 Å². The van der Waals surface area contributed by atoms with Crippen molar-refractivity contribution in [3.05, 3.63) is 175 Å². The maximum Gasteiger partial charge on any atom is 0.135 e. The van der Waals surface area contributed by atoms with E-state index in [2.05, 4.69) is 191 Å². The standard InChI is InChI=1S/C85H115N3O2/c1-5-7-9-11-13-15-17-19-21-23-25-27-29-31-33-35-37-51-64-89-84-78(72-54-43-39-44-55-72)66-76(67-79(84)73-56-45-40-46-57-73)86-70(3)82-62-53-63-83(88-82)71(4)87-77-68-80(74-58-47-41-48-59-74)85(81(69-77)75-60-49-42-50-61-75)90-65-52-38-36-34-32-30-28-26-24-22-20-18-16-14-12-10-8-6-2/h39-50,53-63,66-69H,5-38,51-52,64-65H2,1-4H3/b86-70+,87-71+. The molecule has 0 atom stereocenters. The third-order valence-corrected chi connectivity index (χ3v) is 18.1. The second-order valence-corrected chi connectivity index (χ2v) is 25.7. The van der Waals surface area contributed by atoms with Crippen LogP contribution in [0.4, 0.5) is 11.4 Å². The molecule has 0 unspecified atom stereocenters. The van der Waals surface area contributed by atoms with Gasteiger partial charge in [0.1, 0.15) is 11.5 Å². The smallest absolute Gasteiger partial charge is 0.135 e. The Balaban J connectivity index is 0.971. The lowest BCUT2D eigenvalue weighted by Crippen LogP contribution is -2.05. The van der Waals surface area contributed by atoms with Crippen molar-refractivity contribution in [2.75, 3.05) is 13.2 Å². The minimum absolute atomic E-state index is 0.677. The largest absolute Gasteiger partial charge is 0.492 e. The van der Waals surface area contributed by atoms with E-state index in [1.54, 1.807) is 0 Å². The van der Waals surface area contributed by atoms with E-state index in [9.17, 15) is 0 Å². The molecule has 90 heavy (non-hydrogen) atoms. The number of hydrogen-bond acceptors (Lipinski definition) is 5. The zero-order valence-corrected chi connectivity index (χ0v) is 56.6. The summed E-state index contributed by atoms with van der Waals surface area (Å²) in [6.45, 7) is 10.1. The van der Waals surface area contributed by atoms with Crippen LogP contribution < -0.4 is 9.47 Å². The Morgan fingerprint density at radius 2 is 0.500 bits per heavy atom. The first kappa shape index (κ1) is 70.9.